The quantitative estimate of drug-likeness (QED) is 0.743. The van der Waals surface area contributed by atoms with Crippen molar-refractivity contribution in [3.8, 4) is 5.75 Å². The van der Waals surface area contributed by atoms with Gasteiger partial charge in [-0.25, -0.2) is 4.98 Å². The van der Waals surface area contributed by atoms with Crippen LogP contribution in [-0.4, -0.2) is 16.0 Å². The van der Waals surface area contributed by atoms with Crippen LogP contribution in [0.5, 0.6) is 5.75 Å². The molecule has 0 aliphatic carbocycles. The first kappa shape index (κ1) is 15.1. The first-order chi connectivity index (χ1) is 9.68. The Kier molecular flexibility index (Phi) is 3.77. The lowest BCUT2D eigenvalue weighted by molar-refractivity contribution is -0.137. The number of phenols is 1. The van der Waals surface area contributed by atoms with Crippen molar-refractivity contribution >= 4 is 28.1 Å². The maximum absolute atomic E-state index is 12.6. The first-order valence-electron chi connectivity index (χ1n) is 5.63. The van der Waals surface area contributed by atoms with Crippen LogP contribution in [0.3, 0.4) is 0 Å². The van der Waals surface area contributed by atoms with E-state index in [-0.39, 0.29) is 15.7 Å². The molecule has 0 radical (unpaired) electrons. The Balaban J connectivity index is 2.31. The molecule has 9 heteroatoms. The summed E-state index contributed by atoms with van der Waals surface area (Å²) in [5.41, 5.74) is 4.51. The van der Waals surface area contributed by atoms with E-state index in [1.165, 1.54) is 0 Å². The summed E-state index contributed by atoms with van der Waals surface area (Å²) in [6.07, 6.45) is -4.57. The van der Waals surface area contributed by atoms with Gasteiger partial charge in [0, 0.05) is 0 Å². The monoisotopic (exact) mass is 317 g/mol. The van der Waals surface area contributed by atoms with Gasteiger partial charge in [-0.2, -0.15) is 13.2 Å². The zero-order chi connectivity index (χ0) is 15.8. The van der Waals surface area contributed by atoms with Crippen LogP contribution in [-0.2, 0) is 6.18 Å². The van der Waals surface area contributed by atoms with Crippen LogP contribution in [0, 0.1) is 6.92 Å². The van der Waals surface area contributed by atoms with Crippen molar-refractivity contribution in [2.24, 2.45) is 0 Å². The van der Waals surface area contributed by atoms with Crippen molar-refractivity contribution in [1.29, 1.82) is 0 Å². The number of phenolic OH excluding ortho intramolecular Hbond substituents is 1. The Hall–Kier alpha value is -2.29. The third-order valence-electron chi connectivity index (χ3n) is 2.59. The van der Waals surface area contributed by atoms with Gasteiger partial charge < -0.3 is 16.2 Å². The molecule has 112 valence electrons. The number of halogens is 3. The number of thiazole rings is 1. The summed E-state index contributed by atoms with van der Waals surface area (Å²) in [5.74, 6) is -1.15. The fraction of sp³-hybridized carbons (Fsp3) is 0.167. The van der Waals surface area contributed by atoms with E-state index in [0.717, 1.165) is 23.5 Å². The summed E-state index contributed by atoms with van der Waals surface area (Å²) in [4.78, 5) is 16.0. The standard InChI is InChI=1S/C12H10F3N3O2S/c1-5-9(21-11(16)17-5)10(20)18-7-4-6(12(13,14)15)2-3-8(7)19/h2-4,19H,1H3,(H2,16,17)(H,18,20). The number of alkyl halides is 3. The predicted molar refractivity (Wildman–Crippen MR) is 72.3 cm³/mol. The Labute approximate surface area is 121 Å². The molecule has 0 aliphatic rings. The van der Waals surface area contributed by atoms with Crippen LogP contribution in [0.1, 0.15) is 20.9 Å². The highest BCUT2D eigenvalue weighted by atomic mass is 32.1. The lowest BCUT2D eigenvalue weighted by Gasteiger charge is -2.11. The zero-order valence-electron chi connectivity index (χ0n) is 10.7. The number of aromatic nitrogens is 1. The summed E-state index contributed by atoms with van der Waals surface area (Å²) in [7, 11) is 0. The molecule has 2 rings (SSSR count). The van der Waals surface area contributed by atoms with Crippen molar-refractivity contribution in [1.82, 2.24) is 4.98 Å². The van der Waals surface area contributed by atoms with Crippen LogP contribution in [0.4, 0.5) is 24.0 Å². The van der Waals surface area contributed by atoms with E-state index in [1.54, 1.807) is 6.92 Å². The van der Waals surface area contributed by atoms with Crippen molar-refractivity contribution in [2.75, 3.05) is 11.1 Å². The second-order valence-electron chi connectivity index (χ2n) is 4.15. The second kappa shape index (κ2) is 5.24. The van der Waals surface area contributed by atoms with E-state index in [2.05, 4.69) is 10.3 Å². The number of carbonyl (C=O) groups excluding carboxylic acids is 1. The highest BCUT2D eigenvalue weighted by molar-refractivity contribution is 7.17. The molecule has 0 atom stereocenters. The van der Waals surface area contributed by atoms with E-state index in [1.807, 2.05) is 0 Å². The van der Waals surface area contributed by atoms with Gasteiger partial charge in [-0.05, 0) is 25.1 Å². The fourth-order valence-electron chi connectivity index (χ4n) is 1.62. The lowest BCUT2D eigenvalue weighted by Crippen LogP contribution is -2.13. The number of rotatable bonds is 2. The summed E-state index contributed by atoms with van der Waals surface area (Å²) in [6.45, 7) is 1.55. The Morgan fingerprint density at radius 1 is 1.43 bits per heavy atom. The highest BCUT2D eigenvalue weighted by Gasteiger charge is 2.31. The number of aryl methyl sites for hydroxylation is 1. The average molecular weight is 317 g/mol. The molecule has 0 bridgehead atoms. The molecule has 21 heavy (non-hydrogen) atoms. The van der Waals surface area contributed by atoms with Gasteiger partial charge >= 0.3 is 6.18 Å². The number of amides is 1. The second-order valence-corrected chi connectivity index (χ2v) is 5.18. The molecule has 0 fully saturated rings. The molecule has 0 spiro atoms. The molecule has 0 unspecified atom stereocenters. The van der Waals surface area contributed by atoms with Crippen LogP contribution in [0.25, 0.3) is 0 Å². The summed E-state index contributed by atoms with van der Waals surface area (Å²) < 4.78 is 37.8. The van der Waals surface area contributed by atoms with Gasteiger partial charge in [0.15, 0.2) is 5.13 Å². The van der Waals surface area contributed by atoms with Crippen LogP contribution >= 0.6 is 11.3 Å². The molecule has 2 aromatic rings. The van der Waals surface area contributed by atoms with Crippen molar-refractivity contribution in [3.63, 3.8) is 0 Å². The Bertz CT molecular complexity index is 698. The van der Waals surface area contributed by atoms with E-state index in [4.69, 9.17) is 5.73 Å². The van der Waals surface area contributed by atoms with Gasteiger partial charge in [-0.1, -0.05) is 11.3 Å². The average Bonchev–Trinajstić information content (AvgIpc) is 2.70. The molecule has 0 aliphatic heterocycles. The van der Waals surface area contributed by atoms with Crippen LogP contribution in [0.15, 0.2) is 18.2 Å². The normalized spacial score (nSPS) is 11.4. The third kappa shape index (κ3) is 3.24. The van der Waals surface area contributed by atoms with Crippen LogP contribution in [0.2, 0.25) is 0 Å². The van der Waals surface area contributed by atoms with Crippen molar-refractivity contribution in [3.05, 3.63) is 34.3 Å². The minimum atomic E-state index is -4.57. The minimum Gasteiger partial charge on any atom is -0.506 e. The Morgan fingerprint density at radius 3 is 2.62 bits per heavy atom. The smallest absolute Gasteiger partial charge is 0.416 e. The molecule has 0 saturated heterocycles. The number of aromatic hydroxyl groups is 1. The number of hydrogen-bond donors (Lipinski definition) is 3. The van der Waals surface area contributed by atoms with Gasteiger partial charge in [0.25, 0.3) is 5.91 Å². The lowest BCUT2D eigenvalue weighted by atomic mass is 10.1. The van der Waals surface area contributed by atoms with Gasteiger partial charge in [-0.15, -0.1) is 0 Å². The molecular weight excluding hydrogens is 307 g/mol. The number of carbonyl (C=O) groups is 1. The number of nitrogens with one attached hydrogen (secondary N) is 1. The van der Waals surface area contributed by atoms with E-state index in [0.29, 0.717) is 11.8 Å². The maximum atomic E-state index is 12.6. The molecule has 1 amide bonds. The zero-order valence-corrected chi connectivity index (χ0v) is 11.5. The number of anilines is 2. The summed E-state index contributed by atoms with van der Waals surface area (Å²) in [6, 6.07) is 2.25. The van der Waals surface area contributed by atoms with E-state index >= 15 is 0 Å². The number of benzene rings is 1. The first-order valence-corrected chi connectivity index (χ1v) is 6.44. The van der Waals surface area contributed by atoms with Gasteiger partial charge in [0.2, 0.25) is 0 Å². The van der Waals surface area contributed by atoms with Gasteiger partial charge in [0.1, 0.15) is 10.6 Å². The van der Waals surface area contributed by atoms with Gasteiger partial charge in [0.05, 0.1) is 16.9 Å². The number of nitrogen functional groups attached to an aromatic ring is 1. The highest BCUT2D eigenvalue weighted by Crippen LogP contribution is 2.35. The molecule has 0 saturated carbocycles. The summed E-state index contributed by atoms with van der Waals surface area (Å²) >= 11 is 0.908. The SMILES string of the molecule is Cc1nc(N)sc1C(=O)Nc1cc(C(F)(F)F)ccc1O. The van der Waals surface area contributed by atoms with E-state index in [9.17, 15) is 23.1 Å². The fourth-order valence-corrected chi connectivity index (χ4v) is 2.35. The predicted octanol–water partition coefficient (Wildman–Crippen LogP) is 3.01. The van der Waals surface area contributed by atoms with Crippen molar-refractivity contribution < 1.29 is 23.1 Å². The number of nitrogens with zero attached hydrogens (tertiary/aromatic N) is 1. The Morgan fingerprint density at radius 2 is 2.10 bits per heavy atom. The van der Waals surface area contributed by atoms with Crippen LogP contribution < -0.4 is 11.1 Å². The third-order valence-corrected chi connectivity index (χ3v) is 3.58. The molecule has 1 heterocycles. The summed E-state index contributed by atoms with van der Waals surface area (Å²) in [5, 5.41) is 11.9. The maximum Gasteiger partial charge on any atom is 0.416 e. The molecule has 5 nitrogen and oxygen atoms in total. The van der Waals surface area contributed by atoms with Crippen molar-refractivity contribution in [2.45, 2.75) is 13.1 Å². The molecular formula is C12H10F3N3O2S. The number of hydrogen-bond acceptors (Lipinski definition) is 5. The minimum absolute atomic E-state index is 0.171. The largest absolute Gasteiger partial charge is 0.506 e. The van der Waals surface area contributed by atoms with E-state index < -0.39 is 23.4 Å². The molecule has 4 N–H and O–H groups in total. The topological polar surface area (TPSA) is 88.2 Å². The molecule has 1 aromatic carbocycles. The van der Waals surface area contributed by atoms with Gasteiger partial charge in [-0.3, -0.25) is 4.79 Å². The number of nitrogens with two attached hydrogens (primary N) is 1. The molecule has 1 aromatic heterocycles.